The van der Waals surface area contributed by atoms with Gasteiger partial charge >= 0.3 is 0 Å². The Kier molecular flexibility index (Phi) is 3.57. The molecule has 2 saturated heterocycles. The Balaban J connectivity index is 1.72. The number of halogens is 1. The molecule has 0 saturated carbocycles. The van der Waals surface area contributed by atoms with Crippen LogP contribution < -0.4 is 5.32 Å². The topological polar surface area (TPSA) is 32.3 Å². The molecule has 0 radical (unpaired) electrons. The van der Waals surface area contributed by atoms with E-state index in [2.05, 4.69) is 19.2 Å². The highest BCUT2D eigenvalue weighted by Crippen LogP contribution is 2.40. The normalized spacial score (nSPS) is 27.3. The van der Waals surface area contributed by atoms with Crippen molar-refractivity contribution in [3.8, 4) is 0 Å². The smallest absolute Gasteiger partial charge is 0.247 e. The van der Waals surface area contributed by atoms with Gasteiger partial charge in [-0.25, -0.2) is 4.39 Å². The van der Waals surface area contributed by atoms with Gasteiger partial charge in [-0.3, -0.25) is 4.79 Å². The maximum atomic E-state index is 12.9. The van der Waals surface area contributed by atoms with Crippen molar-refractivity contribution in [1.82, 2.24) is 10.2 Å². The lowest BCUT2D eigenvalue weighted by Gasteiger charge is -2.35. The lowest BCUT2D eigenvalue weighted by molar-refractivity contribution is -0.129. The predicted molar refractivity (Wildman–Crippen MR) is 81.1 cm³/mol. The number of amides is 1. The first-order chi connectivity index (χ1) is 9.98. The van der Waals surface area contributed by atoms with E-state index in [0.29, 0.717) is 11.8 Å². The standard InChI is InChI=1S/C17H21FN2O/c1-17(2)15-10-19-9-13(15)11-20(17)16(21)8-5-12-3-6-14(18)7-4-12/h3-8,13,15,19H,9-11H2,1-2H3. The molecular formula is C17H21FN2O. The third kappa shape index (κ3) is 2.60. The highest BCUT2D eigenvalue weighted by molar-refractivity contribution is 5.92. The fourth-order valence-electron chi connectivity index (χ4n) is 3.63. The van der Waals surface area contributed by atoms with Crippen molar-refractivity contribution in [3.63, 3.8) is 0 Å². The molecule has 2 aliphatic heterocycles. The Morgan fingerprint density at radius 1 is 1.33 bits per heavy atom. The van der Waals surface area contributed by atoms with Crippen LogP contribution in [0.3, 0.4) is 0 Å². The van der Waals surface area contributed by atoms with Crippen molar-refractivity contribution in [1.29, 1.82) is 0 Å². The molecule has 112 valence electrons. The van der Waals surface area contributed by atoms with Crippen molar-refractivity contribution in [3.05, 3.63) is 41.7 Å². The largest absolute Gasteiger partial charge is 0.333 e. The van der Waals surface area contributed by atoms with Crippen molar-refractivity contribution in [2.45, 2.75) is 19.4 Å². The van der Waals surface area contributed by atoms with Gasteiger partial charge < -0.3 is 10.2 Å². The van der Waals surface area contributed by atoms with Gasteiger partial charge in [0.2, 0.25) is 5.91 Å². The van der Waals surface area contributed by atoms with Gasteiger partial charge in [0.05, 0.1) is 0 Å². The van der Waals surface area contributed by atoms with E-state index in [9.17, 15) is 9.18 Å². The van der Waals surface area contributed by atoms with Crippen LogP contribution in [0.4, 0.5) is 4.39 Å². The summed E-state index contributed by atoms with van der Waals surface area (Å²) >= 11 is 0. The summed E-state index contributed by atoms with van der Waals surface area (Å²) in [4.78, 5) is 14.5. The van der Waals surface area contributed by atoms with Crippen LogP contribution in [-0.2, 0) is 4.79 Å². The maximum absolute atomic E-state index is 12.9. The molecule has 1 amide bonds. The maximum Gasteiger partial charge on any atom is 0.247 e. The molecule has 2 unspecified atom stereocenters. The molecule has 2 fully saturated rings. The SMILES string of the molecule is CC1(C)C2CNCC2CN1C(=O)C=Cc1ccc(F)cc1. The average molecular weight is 288 g/mol. The van der Waals surface area contributed by atoms with E-state index in [1.54, 1.807) is 24.3 Å². The summed E-state index contributed by atoms with van der Waals surface area (Å²) < 4.78 is 12.9. The Labute approximate surface area is 124 Å². The predicted octanol–water partition coefficient (Wildman–Crippen LogP) is 2.30. The van der Waals surface area contributed by atoms with Crippen LogP contribution in [0.5, 0.6) is 0 Å². The molecule has 0 bridgehead atoms. The van der Waals surface area contributed by atoms with Gasteiger partial charge in [-0.05, 0) is 49.5 Å². The van der Waals surface area contributed by atoms with Crippen molar-refractivity contribution < 1.29 is 9.18 Å². The first-order valence-electron chi connectivity index (χ1n) is 7.44. The lowest BCUT2D eigenvalue weighted by atomic mass is 9.85. The number of nitrogens with one attached hydrogen (secondary N) is 1. The van der Waals surface area contributed by atoms with Crippen LogP contribution in [0.2, 0.25) is 0 Å². The summed E-state index contributed by atoms with van der Waals surface area (Å²) in [5.41, 5.74) is 0.724. The van der Waals surface area contributed by atoms with E-state index in [0.717, 1.165) is 25.2 Å². The zero-order valence-electron chi connectivity index (χ0n) is 12.5. The lowest BCUT2D eigenvalue weighted by Crippen LogP contribution is -2.47. The van der Waals surface area contributed by atoms with Crippen molar-refractivity contribution >= 4 is 12.0 Å². The Morgan fingerprint density at radius 2 is 2.05 bits per heavy atom. The number of rotatable bonds is 2. The molecule has 4 heteroatoms. The monoisotopic (exact) mass is 288 g/mol. The number of likely N-dealkylation sites (tertiary alicyclic amines) is 1. The average Bonchev–Trinajstić information content (AvgIpc) is 3.00. The second kappa shape index (κ2) is 5.26. The summed E-state index contributed by atoms with van der Waals surface area (Å²) in [5.74, 6) is 0.863. The summed E-state index contributed by atoms with van der Waals surface area (Å²) in [6, 6.07) is 6.15. The molecule has 1 aromatic carbocycles. The third-order valence-electron chi connectivity index (χ3n) is 4.91. The van der Waals surface area contributed by atoms with Crippen LogP contribution in [0.1, 0.15) is 19.4 Å². The van der Waals surface area contributed by atoms with Gasteiger partial charge in [0.1, 0.15) is 5.82 Å². The first kappa shape index (κ1) is 14.3. The fourth-order valence-corrected chi connectivity index (χ4v) is 3.63. The van der Waals surface area contributed by atoms with Gasteiger partial charge in [-0.2, -0.15) is 0 Å². The Morgan fingerprint density at radius 3 is 2.71 bits per heavy atom. The number of carbonyl (C=O) groups excluding carboxylic acids is 1. The van der Waals surface area contributed by atoms with Crippen LogP contribution in [0.25, 0.3) is 6.08 Å². The van der Waals surface area contributed by atoms with Crippen LogP contribution in [0, 0.1) is 17.7 Å². The number of fused-ring (bicyclic) bond motifs is 1. The van der Waals surface area contributed by atoms with Crippen LogP contribution in [0.15, 0.2) is 30.3 Å². The molecule has 3 rings (SSSR count). The van der Waals surface area contributed by atoms with Gasteiger partial charge in [0.25, 0.3) is 0 Å². The highest BCUT2D eigenvalue weighted by Gasteiger charge is 2.50. The quantitative estimate of drug-likeness (QED) is 0.847. The summed E-state index contributed by atoms with van der Waals surface area (Å²) in [6.45, 7) is 7.10. The number of hydrogen-bond acceptors (Lipinski definition) is 2. The number of nitrogens with zero attached hydrogens (tertiary/aromatic N) is 1. The van der Waals surface area contributed by atoms with Gasteiger partial charge in [-0.15, -0.1) is 0 Å². The zero-order chi connectivity index (χ0) is 15.0. The van der Waals surface area contributed by atoms with Crippen LogP contribution in [-0.4, -0.2) is 36.0 Å². The van der Waals surface area contributed by atoms with Crippen molar-refractivity contribution in [2.24, 2.45) is 11.8 Å². The zero-order valence-corrected chi connectivity index (χ0v) is 12.5. The minimum absolute atomic E-state index is 0.0405. The van der Waals surface area contributed by atoms with E-state index in [-0.39, 0.29) is 17.3 Å². The minimum atomic E-state index is -0.264. The molecule has 2 atom stereocenters. The summed E-state index contributed by atoms with van der Waals surface area (Å²) in [5, 5.41) is 3.41. The number of hydrogen-bond donors (Lipinski definition) is 1. The van der Waals surface area contributed by atoms with E-state index in [1.807, 2.05) is 4.90 Å². The second-order valence-corrected chi connectivity index (χ2v) is 6.51. The molecule has 0 aliphatic carbocycles. The molecule has 2 aliphatic rings. The Bertz CT molecular complexity index is 565. The van der Waals surface area contributed by atoms with Gasteiger partial charge in [-0.1, -0.05) is 12.1 Å². The number of carbonyl (C=O) groups is 1. The molecule has 1 N–H and O–H groups in total. The molecule has 0 aromatic heterocycles. The highest BCUT2D eigenvalue weighted by atomic mass is 19.1. The molecular weight excluding hydrogens is 267 g/mol. The van der Waals surface area contributed by atoms with E-state index >= 15 is 0 Å². The first-order valence-corrected chi connectivity index (χ1v) is 7.44. The molecule has 0 spiro atoms. The molecule has 21 heavy (non-hydrogen) atoms. The van der Waals surface area contributed by atoms with Gasteiger partial charge in [0.15, 0.2) is 0 Å². The van der Waals surface area contributed by atoms with Crippen LogP contribution >= 0.6 is 0 Å². The molecule has 1 aromatic rings. The van der Waals surface area contributed by atoms with E-state index in [4.69, 9.17) is 0 Å². The van der Waals surface area contributed by atoms with Crippen molar-refractivity contribution in [2.75, 3.05) is 19.6 Å². The third-order valence-corrected chi connectivity index (χ3v) is 4.91. The Hall–Kier alpha value is -1.68. The van der Waals surface area contributed by atoms with E-state index in [1.165, 1.54) is 12.1 Å². The second-order valence-electron chi connectivity index (χ2n) is 6.51. The van der Waals surface area contributed by atoms with Gasteiger partial charge in [0, 0.05) is 31.2 Å². The minimum Gasteiger partial charge on any atom is -0.333 e. The summed E-state index contributed by atoms with van der Waals surface area (Å²) in [7, 11) is 0. The summed E-state index contributed by atoms with van der Waals surface area (Å²) in [6.07, 6.45) is 3.35. The molecule has 2 heterocycles. The fraction of sp³-hybridized carbons (Fsp3) is 0.471. The number of benzene rings is 1. The molecule has 3 nitrogen and oxygen atoms in total. The van der Waals surface area contributed by atoms with E-state index < -0.39 is 0 Å².